The topological polar surface area (TPSA) is 40.6 Å². The molecule has 1 saturated carbocycles. The molecular weight excluding hydrogens is 530 g/mol. The second-order valence-corrected chi connectivity index (χ2v) is 12.6. The molecule has 0 bridgehead atoms. The van der Waals surface area contributed by atoms with Crippen LogP contribution in [0.25, 0.3) is 0 Å². The summed E-state index contributed by atoms with van der Waals surface area (Å²) in [6.07, 6.45) is 6.19. The van der Waals surface area contributed by atoms with Crippen molar-refractivity contribution in [3.8, 4) is 0 Å². The summed E-state index contributed by atoms with van der Waals surface area (Å²) in [7, 11) is -3.95. The predicted octanol–water partition coefficient (Wildman–Crippen LogP) is 7.52. The first kappa shape index (κ1) is 26.5. The molecule has 3 aromatic rings. The summed E-state index contributed by atoms with van der Waals surface area (Å²) in [5.41, 5.74) is 1.84. The van der Waals surface area contributed by atoms with Crippen LogP contribution in [0.2, 0.25) is 10.0 Å². The standard InChI is InChI=1S/C29H31Cl2FN2O2S/c30-27-15-14-25(20-28(27)31)37(35,36)34(23-12-10-22(32)11-13-23)24-16-18-33(19-17-24)29-9-5-4-8-26(29)21-6-2-1-3-7-21/h1-3,6-7,10-15,20,24,26,29H,4-5,8-9,16-19H2/t26-,29-/m1/s1. The number of benzene rings is 3. The van der Waals surface area contributed by atoms with E-state index in [0.717, 1.165) is 19.5 Å². The molecule has 2 aliphatic rings. The fourth-order valence-electron chi connectivity index (χ4n) is 5.97. The Hall–Kier alpha value is -2.12. The van der Waals surface area contributed by atoms with Crippen molar-refractivity contribution in [2.75, 3.05) is 17.4 Å². The van der Waals surface area contributed by atoms with Crippen molar-refractivity contribution >= 4 is 38.9 Å². The van der Waals surface area contributed by atoms with Gasteiger partial charge in [-0.15, -0.1) is 0 Å². The first-order valence-corrected chi connectivity index (χ1v) is 15.1. The summed E-state index contributed by atoms with van der Waals surface area (Å²) in [6.45, 7) is 1.63. The third-order valence-electron chi connectivity index (χ3n) is 7.79. The van der Waals surface area contributed by atoms with Gasteiger partial charge in [0, 0.05) is 25.2 Å². The van der Waals surface area contributed by atoms with Gasteiger partial charge in [-0.05, 0) is 79.6 Å². The van der Waals surface area contributed by atoms with E-state index < -0.39 is 15.8 Å². The van der Waals surface area contributed by atoms with Gasteiger partial charge >= 0.3 is 0 Å². The van der Waals surface area contributed by atoms with E-state index in [2.05, 4.69) is 35.2 Å². The SMILES string of the molecule is O=S(=O)(c1ccc(Cl)c(Cl)c1)N(c1ccc(F)cc1)C1CCN([C@@H]2CCCC[C@@H]2c2ccccc2)CC1. The molecule has 3 aromatic carbocycles. The Labute approximate surface area is 229 Å². The average molecular weight is 562 g/mol. The quantitative estimate of drug-likeness (QED) is 0.313. The summed E-state index contributed by atoms with van der Waals surface area (Å²) >= 11 is 12.2. The highest BCUT2D eigenvalue weighted by atomic mass is 35.5. The maximum Gasteiger partial charge on any atom is 0.264 e. The van der Waals surface area contributed by atoms with E-state index in [1.54, 1.807) is 0 Å². The number of halogens is 3. The van der Waals surface area contributed by atoms with Crippen molar-refractivity contribution in [2.45, 2.75) is 61.4 Å². The van der Waals surface area contributed by atoms with Crippen LogP contribution in [-0.4, -0.2) is 38.5 Å². The van der Waals surface area contributed by atoms with Gasteiger partial charge in [0.1, 0.15) is 5.82 Å². The van der Waals surface area contributed by atoms with Gasteiger partial charge < -0.3 is 0 Å². The maximum atomic E-state index is 13.9. The van der Waals surface area contributed by atoms with Crippen LogP contribution in [0.15, 0.2) is 77.7 Å². The Morgan fingerprint density at radius 1 is 0.811 bits per heavy atom. The summed E-state index contributed by atoms with van der Waals surface area (Å²) < 4.78 is 43.0. The summed E-state index contributed by atoms with van der Waals surface area (Å²) in [4.78, 5) is 2.63. The van der Waals surface area contributed by atoms with Gasteiger partial charge in [-0.2, -0.15) is 0 Å². The molecule has 0 N–H and O–H groups in total. The fraction of sp³-hybridized carbons (Fsp3) is 0.379. The van der Waals surface area contributed by atoms with Crippen LogP contribution in [0, 0.1) is 5.82 Å². The van der Waals surface area contributed by atoms with Crippen molar-refractivity contribution in [3.63, 3.8) is 0 Å². The van der Waals surface area contributed by atoms with Crippen molar-refractivity contribution in [2.24, 2.45) is 0 Å². The van der Waals surface area contributed by atoms with Crippen LogP contribution < -0.4 is 4.31 Å². The lowest BCUT2D eigenvalue weighted by Gasteiger charge is -2.45. The number of nitrogens with zero attached hydrogens (tertiary/aromatic N) is 2. The van der Waals surface area contributed by atoms with Gasteiger partial charge in [-0.3, -0.25) is 9.21 Å². The Bertz CT molecular complexity index is 1310. The van der Waals surface area contributed by atoms with E-state index in [9.17, 15) is 12.8 Å². The Morgan fingerprint density at radius 2 is 1.49 bits per heavy atom. The zero-order valence-electron chi connectivity index (χ0n) is 20.6. The van der Waals surface area contributed by atoms with Crippen molar-refractivity contribution < 1.29 is 12.8 Å². The summed E-state index contributed by atoms with van der Waals surface area (Å²) in [5.74, 6) is 0.0920. The maximum absolute atomic E-state index is 13.9. The van der Waals surface area contributed by atoms with Gasteiger partial charge in [0.25, 0.3) is 10.0 Å². The summed E-state index contributed by atoms with van der Waals surface area (Å²) in [5, 5.41) is 0.476. The monoisotopic (exact) mass is 560 g/mol. The number of sulfonamides is 1. The molecule has 0 radical (unpaired) electrons. The molecule has 2 atom stereocenters. The van der Waals surface area contributed by atoms with E-state index in [-0.39, 0.29) is 16.0 Å². The molecule has 37 heavy (non-hydrogen) atoms. The van der Waals surface area contributed by atoms with E-state index in [1.807, 2.05) is 0 Å². The third-order valence-corrected chi connectivity index (χ3v) is 10.4. The lowest BCUT2D eigenvalue weighted by molar-refractivity contribution is 0.107. The molecule has 1 saturated heterocycles. The van der Waals surface area contributed by atoms with Crippen LogP contribution in [-0.2, 0) is 10.0 Å². The first-order chi connectivity index (χ1) is 17.8. The van der Waals surface area contributed by atoms with Gasteiger partial charge in [-0.1, -0.05) is 66.4 Å². The van der Waals surface area contributed by atoms with E-state index in [4.69, 9.17) is 23.2 Å². The largest absolute Gasteiger partial charge is 0.300 e. The predicted molar refractivity (Wildman–Crippen MR) is 149 cm³/mol. The molecule has 0 amide bonds. The normalized spacial score (nSPS) is 21.6. The third kappa shape index (κ3) is 5.68. The number of anilines is 1. The molecule has 0 aromatic heterocycles. The molecule has 0 spiro atoms. The van der Waals surface area contributed by atoms with Crippen LogP contribution in [0.5, 0.6) is 0 Å². The second kappa shape index (κ2) is 11.3. The highest BCUT2D eigenvalue weighted by Crippen LogP contribution is 2.39. The van der Waals surface area contributed by atoms with E-state index in [1.165, 1.54) is 71.6 Å². The molecule has 1 heterocycles. The lowest BCUT2D eigenvalue weighted by atomic mass is 9.78. The number of rotatable bonds is 6. The molecule has 2 fully saturated rings. The van der Waals surface area contributed by atoms with Crippen molar-refractivity contribution in [3.05, 3.63) is 94.2 Å². The zero-order chi connectivity index (χ0) is 26.0. The molecule has 196 valence electrons. The highest BCUT2D eigenvalue weighted by molar-refractivity contribution is 7.92. The Balaban J connectivity index is 1.40. The molecule has 0 unspecified atom stereocenters. The van der Waals surface area contributed by atoms with E-state index in [0.29, 0.717) is 35.5 Å². The van der Waals surface area contributed by atoms with E-state index >= 15 is 0 Å². The highest BCUT2D eigenvalue weighted by Gasteiger charge is 2.38. The average Bonchev–Trinajstić information content (AvgIpc) is 2.92. The Kier molecular flexibility index (Phi) is 8.10. The van der Waals surface area contributed by atoms with Crippen LogP contribution in [0.4, 0.5) is 10.1 Å². The second-order valence-electron chi connectivity index (χ2n) is 9.99. The minimum Gasteiger partial charge on any atom is -0.300 e. The smallest absolute Gasteiger partial charge is 0.264 e. The minimum absolute atomic E-state index is 0.0741. The molecule has 1 aliphatic heterocycles. The van der Waals surface area contributed by atoms with Crippen LogP contribution in [0.1, 0.15) is 50.0 Å². The van der Waals surface area contributed by atoms with Crippen molar-refractivity contribution in [1.82, 2.24) is 4.90 Å². The number of likely N-dealkylation sites (tertiary alicyclic amines) is 1. The zero-order valence-corrected chi connectivity index (χ0v) is 22.9. The van der Waals surface area contributed by atoms with Gasteiger partial charge in [-0.25, -0.2) is 12.8 Å². The van der Waals surface area contributed by atoms with Crippen LogP contribution >= 0.6 is 23.2 Å². The number of hydrogen-bond donors (Lipinski definition) is 0. The fourth-order valence-corrected chi connectivity index (χ4v) is 8.07. The van der Waals surface area contributed by atoms with Gasteiger partial charge in [0.15, 0.2) is 0 Å². The van der Waals surface area contributed by atoms with Gasteiger partial charge in [0.05, 0.1) is 20.6 Å². The number of piperidine rings is 1. The van der Waals surface area contributed by atoms with Gasteiger partial charge in [0.2, 0.25) is 0 Å². The number of hydrogen-bond acceptors (Lipinski definition) is 3. The van der Waals surface area contributed by atoms with Crippen molar-refractivity contribution in [1.29, 1.82) is 0 Å². The minimum atomic E-state index is -3.95. The Morgan fingerprint density at radius 3 is 2.16 bits per heavy atom. The molecular formula is C29H31Cl2FN2O2S. The lowest BCUT2D eigenvalue weighted by Crippen LogP contribution is -2.51. The molecule has 4 nitrogen and oxygen atoms in total. The molecule has 5 rings (SSSR count). The summed E-state index contributed by atoms with van der Waals surface area (Å²) in [6, 6.07) is 21.0. The molecule has 8 heteroatoms. The van der Waals surface area contributed by atoms with Crippen LogP contribution in [0.3, 0.4) is 0 Å². The first-order valence-electron chi connectivity index (χ1n) is 12.9. The molecule has 1 aliphatic carbocycles.